The highest BCUT2D eigenvalue weighted by molar-refractivity contribution is 5.95. The molecule has 7 heteroatoms. The van der Waals surface area contributed by atoms with Crippen LogP contribution in [-0.2, 0) is 18.4 Å². The van der Waals surface area contributed by atoms with Crippen molar-refractivity contribution in [1.82, 2.24) is 20.0 Å². The SMILES string of the molecule is Cc1c(C(=O)N2CCC3(CC2)CC(=O)NCc2ccccc2N3)cnn1C. The van der Waals surface area contributed by atoms with Crippen LogP contribution in [0.4, 0.5) is 5.69 Å². The number of hydrogen-bond acceptors (Lipinski definition) is 4. The van der Waals surface area contributed by atoms with Crippen LogP contribution in [0.15, 0.2) is 30.5 Å². The number of nitrogens with zero attached hydrogens (tertiary/aromatic N) is 3. The van der Waals surface area contributed by atoms with Crippen molar-refractivity contribution in [2.45, 2.75) is 38.3 Å². The van der Waals surface area contributed by atoms with E-state index in [4.69, 9.17) is 0 Å². The van der Waals surface area contributed by atoms with Crippen molar-refractivity contribution in [1.29, 1.82) is 0 Å². The first-order chi connectivity index (χ1) is 13.0. The molecule has 1 saturated heterocycles. The van der Waals surface area contributed by atoms with E-state index in [1.165, 1.54) is 0 Å². The molecule has 3 heterocycles. The standard InChI is InChI=1S/C20H25N5O2/c1-14-16(13-22-24(14)2)19(27)25-9-7-20(8-10-25)11-18(26)21-12-15-5-3-4-6-17(15)23-20/h3-6,13,23H,7-12H2,1-2H3,(H,21,26). The Morgan fingerprint density at radius 1 is 1.22 bits per heavy atom. The third-order valence-electron chi connectivity index (χ3n) is 5.87. The molecule has 142 valence electrons. The highest BCUT2D eigenvalue weighted by Gasteiger charge is 2.39. The Kier molecular flexibility index (Phi) is 4.37. The monoisotopic (exact) mass is 367 g/mol. The average molecular weight is 367 g/mol. The Morgan fingerprint density at radius 3 is 2.67 bits per heavy atom. The molecule has 2 aliphatic rings. The predicted molar refractivity (Wildman–Crippen MR) is 102 cm³/mol. The summed E-state index contributed by atoms with van der Waals surface area (Å²) in [5, 5.41) is 10.8. The van der Waals surface area contributed by atoms with Crippen molar-refractivity contribution in [3.8, 4) is 0 Å². The fraction of sp³-hybridized carbons (Fsp3) is 0.450. The third kappa shape index (κ3) is 3.29. The number of benzene rings is 1. The van der Waals surface area contributed by atoms with Gasteiger partial charge in [-0.1, -0.05) is 18.2 Å². The number of anilines is 1. The normalized spacial score (nSPS) is 18.9. The largest absolute Gasteiger partial charge is 0.379 e. The van der Waals surface area contributed by atoms with Gasteiger partial charge in [-0.15, -0.1) is 0 Å². The van der Waals surface area contributed by atoms with E-state index in [-0.39, 0.29) is 17.4 Å². The van der Waals surface area contributed by atoms with Gasteiger partial charge in [0.25, 0.3) is 5.91 Å². The fourth-order valence-corrected chi connectivity index (χ4v) is 4.01. The maximum absolute atomic E-state index is 12.9. The summed E-state index contributed by atoms with van der Waals surface area (Å²) >= 11 is 0. The lowest BCUT2D eigenvalue weighted by Crippen LogP contribution is -2.53. The van der Waals surface area contributed by atoms with Crippen molar-refractivity contribution in [2.24, 2.45) is 7.05 Å². The molecule has 7 nitrogen and oxygen atoms in total. The van der Waals surface area contributed by atoms with Crippen molar-refractivity contribution < 1.29 is 9.59 Å². The molecule has 2 aliphatic heterocycles. The minimum absolute atomic E-state index is 0.0196. The molecule has 1 fully saturated rings. The Labute approximate surface area is 158 Å². The van der Waals surface area contributed by atoms with Gasteiger partial charge in [0.05, 0.1) is 11.8 Å². The summed E-state index contributed by atoms with van der Waals surface area (Å²) in [6, 6.07) is 8.09. The molecule has 4 rings (SSSR count). The Hall–Kier alpha value is -2.83. The van der Waals surface area contributed by atoms with Gasteiger partial charge in [0.15, 0.2) is 0 Å². The maximum Gasteiger partial charge on any atom is 0.257 e. The molecule has 0 unspecified atom stereocenters. The van der Waals surface area contributed by atoms with Gasteiger partial charge in [-0.2, -0.15) is 5.10 Å². The van der Waals surface area contributed by atoms with Crippen molar-refractivity contribution in [3.63, 3.8) is 0 Å². The molecule has 2 N–H and O–H groups in total. The first-order valence-electron chi connectivity index (χ1n) is 9.38. The second-order valence-electron chi connectivity index (χ2n) is 7.58. The van der Waals surface area contributed by atoms with Crippen LogP contribution in [0.2, 0.25) is 0 Å². The molecule has 2 aromatic rings. The smallest absolute Gasteiger partial charge is 0.257 e. The Balaban J connectivity index is 1.52. The van der Waals surface area contributed by atoms with Crippen LogP contribution < -0.4 is 10.6 Å². The van der Waals surface area contributed by atoms with Crippen LogP contribution in [0.25, 0.3) is 0 Å². The maximum atomic E-state index is 12.9. The van der Waals surface area contributed by atoms with Crippen LogP contribution in [0.5, 0.6) is 0 Å². The van der Waals surface area contributed by atoms with Gasteiger partial charge >= 0.3 is 0 Å². The van der Waals surface area contributed by atoms with Crippen molar-refractivity contribution in [2.75, 3.05) is 18.4 Å². The summed E-state index contributed by atoms with van der Waals surface area (Å²) in [5.74, 6) is 0.0750. The average Bonchev–Trinajstić information content (AvgIpc) is 2.99. The quantitative estimate of drug-likeness (QED) is 0.806. The van der Waals surface area contributed by atoms with E-state index >= 15 is 0 Å². The lowest BCUT2D eigenvalue weighted by atomic mass is 9.82. The number of fused-ring (bicyclic) bond motifs is 1. The molecule has 27 heavy (non-hydrogen) atoms. The third-order valence-corrected chi connectivity index (χ3v) is 5.87. The second-order valence-corrected chi connectivity index (χ2v) is 7.58. The predicted octanol–water partition coefficient (Wildman–Crippen LogP) is 1.84. The van der Waals surface area contributed by atoms with E-state index in [2.05, 4.69) is 21.8 Å². The number of carbonyl (C=O) groups excluding carboxylic acids is 2. The van der Waals surface area contributed by atoms with Gasteiger partial charge in [-0.05, 0) is 31.4 Å². The molecule has 1 aromatic carbocycles. The number of aryl methyl sites for hydroxylation is 1. The van der Waals surface area contributed by atoms with E-state index in [1.807, 2.05) is 37.1 Å². The molecular formula is C20H25N5O2. The molecule has 0 atom stereocenters. The van der Waals surface area contributed by atoms with Gasteiger partial charge in [0, 0.05) is 50.0 Å². The highest BCUT2D eigenvalue weighted by atomic mass is 16.2. The Bertz CT molecular complexity index is 880. The van der Waals surface area contributed by atoms with Crippen LogP contribution in [0, 0.1) is 6.92 Å². The lowest BCUT2D eigenvalue weighted by molar-refractivity contribution is -0.122. The van der Waals surface area contributed by atoms with E-state index in [9.17, 15) is 9.59 Å². The van der Waals surface area contributed by atoms with Gasteiger partial charge in [-0.3, -0.25) is 14.3 Å². The summed E-state index contributed by atoms with van der Waals surface area (Å²) in [6.07, 6.45) is 3.54. The minimum atomic E-state index is -0.318. The number of para-hydroxylation sites is 1. The molecule has 0 bridgehead atoms. The zero-order valence-corrected chi connectivity index (χ0v) is 15.8. The number of hydrogen-bond donors (Lipinski definition) is 2. The number of carbonyl (C=O) groups is 2. The topological polar surface area (TPSA) is 79.3 Å². The van der Waals surface area contributed by atoms with E-state index in [1.54, 1.807) is 10.9 Å². The molecule has 0 aliphatic carbocycles. The number of nitrogens with one attached hydrogen (secondary N) is 2. The van der Waals surface area contributed by atoms with Gasteiger partial charge in [0.1, 0.15) is 0 Å². The van der Waals surface area contributed by atoms with Crippen molar-refractivity contribution in [3.05, 3.63) is 47.3 Å². The summed E-state index contributed by atoms with van der Waals surface area (Å²) in [6.45, 7) is 3.69. The van der Waals surface area contributed by atoms with E-state index in [0.29, 0.717) is 31.6 Å². The number of rotatable bonds is 1. The number of amides is 2. The summed E-state index contributed by atoms with van der Waals surface area (Å²) in [7, 11) is 1.84. The molecule has 2 amide bonds. The van der Waals surface area contributed by atoms with Gasteiger partial charge in [0.2, 0.25) is 5.91 Å². The van der Waals surface area contributed by atoms with Crippen molar-refractivity contribution >= 4 is 17.5 Å². The lowest BCUT2D eigenvalue weighted by Gasteiger charge is -2.44. The molecule has 0 saturated carbocycles. The first kappa shape index (κ1) is 17.6. The molecule has 0 radical (unpaired) electrons. The minimum Gasteiger partial charge on any atom is -0.379 e. The Morgan fingerprint density at radius 2 is 1.96 bits per heavy atom. The summed E-state index contributed by atoms with van der Waals surface area (Å²) < 4.78 is 1.72. The van der Waals surface area contributed by atoms with Crippen LogP contribution in [-0.4, -0.2) is 45.1 Å². The number of aromatic nitrogens is 2. The van der Waals surface area contributed by atoms with Crippen LogP contribution in [0.1, 0.15) is 40.9 Å². The van der Waals surface area contributed by atoms with Crippen LogP contribution in [0.3, 0.4) is 0 Å². The van der Waals surface area contributed by atoms with Crippen LogP contribution >= 0.6 is 0 Å². The summed E-state index contributed by atoms with van der Waals surface area (Å²) in [4.78, 5) is 27.1. The number of likely N-dealkylation sites (tertiary alicyclic amines) is 1. The molecular weight excluding hydrogens is 342 g/mol. The summed E-state index contributed by atoms with van der Waals surface area (Å²) in [5.41, 5.74) is 3.37. The first-order valence-corrected chi connectivity index (χ1v) is 9.38. The van der Waals surface area contributed by atoms with E-state index in [0.717, 1.165) is 29.8 Å². The molecule has 1 spiro atoms. The molecule has 1 aromatic heterocycles. The second kappa shape index (κ2) is 6.72. The number of piperidine rings is 1. The zero-order valence-electron chi connectivity index (χ0n) is 15.8. The van der Waals surface area contributed by atoms with E-state index < -0.39 is 0 Å². The highest BCUT2D eigenvalue weighted by Crippen LogP contribution is 2.33. The fourth-order valence-electron chi connectivity index (χ4n) is 4.01. The van der Waals surface area contributed by atoms with Gasteiger partial charge < -0.3 is 15.5 Å². The van der Waals surface area contributed by atoms with Gasteiger partial charge in [-0.25, -0.2) is 0 Å². The zero-order chi connectivity index (χ0) is 19.0.